The van der Waals surface area contributed by atoms with Gasteiger partial charge in [0.15, 0.2) is 27.9 Å². The van der Waals surface area contributed by atoms with Gasteiger partial charge in [-0.15, -0.1) is 0 Å². The second-order valence-corrected chi connectivity index (χ2v) is 36.0. The summed E-state index contributed by atoms with van der Waals surface area (Å²) in [4.78, 5) is 67.9. The molecule has 27 nitrogen and oxygen atoms in total. The molecule has 5 aromatic carbocycles. The van der Waals surface area contributed by atoms with Crippen LogP contribution in [0.25, 0.3) is 54.8 Å². The van der Waals surface area contributed by atoms with Crippen molar-refractivity contribution in [3.63, 3.8) is 0 Å². The van der Waals surface area contributed by atoms with Crippen LogP contribution in [0.3, 0.4) is 0 Å². The number of nitrogens with zero attached hydrogens (tertiary/aromatic N) is 10. The van der Waals surface area contributed by atoms with Crippen molar-refractivity contribution in [2.24, 2.45) is 21.7 Å². The molecule has 6 fully saturated rings. The monoisotopic (exact) mass is 1590 g/mol. The van der Waals surface area contributed by atoms with E-state index < -0.39 is 61.5 Å². The van der Waals surface area contributed by atoms with Gasteiger partial charge in [-0.25, -0.2) is 8.42 Å². The van der Waals surface area contributed by atoms with E-state index in [1.807, 2.05) is 78.9 Å². The van der Waals surface area contributed by atoms with Crippen LogP contribution in [0.4, 0.5) is 0 Å². The number of aromatic nitrogens is 5. The van der Waals surface area contributed by atoms with E-state index in [0.29, 0.717) is 62.3 Å². The summed E-state index contributed by atoms with van der Waals surface area (Å²) >= 11 is 0. The molecule has 0 unspecified atom stereocenters. The molecule has 114 heavy (non-hydrogen) atoms. The number of aryl methyl sites for hydroxylation is 2. The molecule has 1 saturated carbocycles. The topological polar surface area (TPSA) is 359 Å². The van der Waals surface area contributed by atoms with Crippen molar-refractivity contribution in [2.75, 3.05) is 104 Å². The number of amides is 1. The molecule has 612 valence electrons. The van der Waals surface area contributed by atoms with Gasteiger partial charge in [0.05, 0.1) is 62.8 Å². The van der Waals surface area contributed by atoms with Crippen molar-refractivity contribution < 1.29 is 75.4 Å². The number of carbonyl (C=O) groups excluding carboxylic acids is 1. The molecule has 5 aliphatic heterocycles. The number of hydrogen-bond acceptors (Lipinski definition) is 22. The van der Waals surface area contributed by atoms with Gasteiger partial charge in [0.25, 0.3) is 0 Å². The van der Waals surface area contributed by atoms with E-state index >= 15 is 0 Å². The number of piperidine rings is 5. The van der Waals surface area contributed by atoms with E-state index in [2.05, 4.69) is 99.2 Å². The Morgan fingerprint density at radius 1 is 0.421 bits per heavy atom. The van der Waals surface area contributed by atoms with Gasteiger partial charge in [-0.3, -0.25) is 28.7 Å². The summed E-state index contributed by atoms with van der Waals surface area (Å²) in [6.07, 6.45) is 12.8. The van der Waals surface area contributed by atoms with Gasteiger partial charge in [0, 0.05) is 89.2 Å². The van der Waals surface area contributed by atoms with Crippen LogP contribution in [0, 0.1) is 35.5 Å². The zero-order chi connectivity index (χ0) is 81.3. The van der Waals surface area contributed by atoms with Crippen molar-refractivity contribution in [1.29, 1.82) is 0 Å². The molecule has 0 atom stereocenters. The first-order valence-electron chi connectivity index (χ1n) is 40.1. The molecule has 6 aliphatic rings. The zero-order valence-electron chi connectivity index (χ0n) is 67.1. The molecule has 28 heteroatoms. The van der Waals surface area contributed by atoms with Gasteiger partial charge >= 0.3 is 23.9 Å². The van der Waals surface area contributed by atoms with Crippen LogP contribution in [0.1, 0.15) is 194 Å². The summed E-state index contributed by atoms with van der Waals surface area (Å²) in [5, 5.41) is 63.4. The zero-order valence-corrected chi connectivity index (χ0v) is 68.0. The van der Waals surface area contributed by atoms with Gasteiger partial charge in [0.1, 0.15) is 0 Å². The Morgan fingerprint density at radius 2 is 0.711 bits per heavy atom. The maximum Gasteiger partial charge on any atom is 0.310 e. The van der Waals surface area contributed by atoms with Crippen molar-refractivity contribution in [3.05, 3.63) is 149 Å². The lowest BCUT2D eigenvalue weighted by Gasteiger charge is -2.36. The summed E-state index contributed by atoms with van der Waals surface area (Å²) < 4.78 is 51.8. The molecule has 0 radical (unpaired) electrons. The average molecular weight is 1590 g/mol. The predicted molar refractivity (Wildman–Crippen MR) is 433 cm³/mol. The fourth-order valence-electron chi connectivity index (χ4n) is 16.7. The summed E-state index contributed by atoms with van der Waals surface area (Å²) in [5.74, 6) is -1.35. The Bertz CT molecular complexity index is 4960. The molecule has 16 rings (SSSR count). The number of carboxylic acids is 4. The molecule has 0 spiro atoms. The van der Waals surface area contributed by atoms with Gasteiger partial charge < -0.3 is 67.5 Å². The SMILES string of the molecule is CC(C)(CN1CCC(c2noc3ccccc23)CC1)C(=O)NS(C)(=O)=O.CC(C)(CN1CCC(c2noc3ccccc23)CC1)C(=O)O.Cc1cc2onc(C3CCN(CC(C)(C)C(=O)O)CC3)c2cc1C.O=C(O)C1(CN2CCC(c3noc4ccccc34)CC2)CC1.O=C(O)CCN1CCC(c2noc3ccccc23)CC1. The lowest BCUT2D eigenvalue weighted by molar-refractivity contribution is -0.149. The van der Waals surface area contributed by atoms with E-state index in [-0.39, 0.29) is 6.42 Å². The van der Waals surface area contributed by atoms with Crippen LogP contribution in [-0.4, -0.2) is 213 Å². The molecule has 5 N–H and O–H groups in total. The highest BCUT2D eigenvalue weighted by Crippen LogP contribution is 2.48. The number of rotatable bonds is 21. The van der Waals surface area contributed by atoms with Crippen LogP contribution in [0.15, 0.2) is 132 Å². The number of benzene rings is 5. The molecular formula is C86H111N11O16S. The number of carbonyl (C=O) groups is 5. The van der Waals surface area contributed by atoms with E-state index in [1.54, 1.807) is 41.5 Å². The normalized spacial score (nSPS) is 18.5. The minimum Gasteiger partial charge on any atom is -0.481 e. The van der Waals surface area contributed by atoms with Crippen LogP contribution < -0.4 is 4.72 Å². The minimum atomic E-state index is -3.54. The molecule has 10 heterocycles. The molecule has 1 aliphatic carbocycles. The maximum absolute atomic E-state index is 12.2. The van der Waals surface area contributed by atoms with Crippen molar-refractivity contribution >= 4 is 94.7 Å². The first-order valence-corrected chi connectivity index (χ1v) is 42.0. The Balaban J connectivity index is 0.000000132. The van der Waals surface area contributed by atoms with Gasteiger partial charge in [-0.2, -0.15) is 0 Å². The van der Waals surface area contributed by atoms with Gasteiger partial charge in [0.2, 0.25) is 15.9 Å². The number of carboxylic acid groups (broad SMARTS) is 4. The largest absolute Gasteiger partial charge is 0.481 e. The van der Waals surface area contributed by atoms with E-state index in [9.17, 15) is 47.7 Å². The van der Waals surface area contributed by atoms with Crippen molar-refractivity contribution in [2.45, 2.75) is 168 Å². The Labute approximate surface area is 665 Å². The lowest BCUT2D eigenvalue weighted by Crippen LogP contribution is -2.48. The fraction of sp³-hybridized carbons (Fsp3) is 0.535. The third-order valence-corrected chi connectivity index (χ3v) is 24.5. The quantitative estimate of drug-likeness (QED) is 0.0446. The van der Waals surface area contributed by atoms with Gasteiger partial charge in [-0.1, -0.05) is 74.3 Å². The molecule has 10 aromatic rings. The third kappa shape index (κ3) is 21.0. The number of aliphatic carboxylic acids is 4. The standard InChI is InChI=1S/C19H26N2O3.C18H25N3O4S.C17H20N2O3.C17H22N2O3.C15H18N2O3/c1-12-9-15-16(10-13(12)2)24-20-17(15)14-5-7-21(8-6-14)11-19(3,4)18(22)23;1-18(2,17(22)20-26(3,23)24)12-21-10-8-13(9-11-21)16-14-6-4-5-7-15(14)25-19-16;20-16(21)17(7-8-17)11-19-9-5-12(6-10-19)15-13-3-1-2-4-14(13)22-18-15;1-17(2,16(20)21)11-19-9-7-12(8-10-19)15-13-5-3-4-6-14(13)22-18-15;18-14(19)7-10-17-8-5-11(6-9-17)15-12-3-1-2-4-13(12)20-16-15/h9-10,14H,5-8,11H2,1-4H3,(H,22,23);4-7,13H,8-12H2,1-3H3,(H,20,22);1-4,12H,5-11H2,(H,20,21);3-6,12H,7-11H2,1-2H3,(H,20,21);1-4,11H,5-10H2,(H,18,19). The highest BCUT2D eigenvalue weighted by molar-refractivity contribution is 7.89. The number of likely N-dealkylation sites (tertiary alicyclic amines) is 5. The first-order chi connectivity index (χ1) is 54.3. The molecule has 5 aromatic heterocycles. The number of para-hydroxylation sites is 4. The number of nitrogens with one attached hydrogen (secondary N) is 1. The van der Waals surface area contributed by atoms with E-state index in [0.717, 1.165) is 232 Å². The predicted octanol–water partition coefficient (Wildman–Crippen LogP) is 14.3. The highest BCUT2D eigenvalue weighted by Gasteiger charge is 2.51. The molecule has 1 amide bonds. The van der Waals surface area contributed by atoms with Gasteiger partial charge in [-0.05, 0) is 270 Å². The number of sulfonamides is 1. The number of fused-ring (bicyclic) bond motifs is 5. The summed E-state index contributed by atoms with van der Waals surface area (Å²) in [6, 6.07) is 36.0. The Hall–Kier alpha value is -9.45. The van der Waals surface area contributed by atoms with E-state index in [4.69, 9.17) is 27.7 Å². The second kappa shape index (κ2) is 36.2. The number of hydrogen-bond donors (Lipinski definition) is 5. The third-order valence-electron chi connectivity index (χ3n) is 24.0. The fourth-order valence-corrected chi connectivity index (χ4v) is 17.3. The molecular weight excluding hydrogens is 1480 g/mol. The van der Waals surface area contributed by atoms with Crippen molar-refractivity contribution in [3.8, 4) is 0 Å². The highest BCUT2D eigenvalue weighted by atomic mass is 32.2. The molecule has 5 saturated heterocycles. The average Bonchev–Trinajstić information content (AvgIpc) is 2.47. The molecule has 0 bridgehead atoms. The first kappa shape index (κ1) is 84.0. The Morgan fingerprint density at radius 3 is 1.02 bits per heavy atom. The summed E-state index contributed by atoms with van der Waals surface area (Å²) in [6.45, 7) is 27.0. The van der Waals surface area contributed by atoms with Crippen LogP contribution in [0.2, 0.25) is 0 Å². The maximum atomic E-state index is 12.2. The summed E-state index contributed by atoms with van der Waals surface area (Å²) in [5.41, 5.74) is 9.28. The van der Waals surface area contributed by atoms with E-state index in [1.165, 1.54) is 11.1 Å². The van der Waals surface area contributed by atoms with Crippen LogP contribution in [0.5, 0.6) is 0 Å². The van der Waals surface area contributed by atoms with Crippen LogP contribution >= 0.6 is 0 Å². The smallest absolute Gasteiger partial charge is 0.310 e. The van der Waals surface area contributed by atoms with Crippen molar-refractivity contribution in [1.82, 2.24) is 55.0 Å². The van der Waals surface area contributed by atoms with Crippen LogP contribution in [-0.2, 0) is 34.0 Å². The summed E-state index contributed by atoms with van der Waals surface area (Å²) in [7, 11) is -3.54. The minimum absolute atomic E-state index is 0.220. The second-order valence-electron chi connectivity index (χ2n) is 34.3. The lowest BCUT2D eigenvalue weighted by atomic mass is 9.88. The Kier molecular flexibility index (Phi) is 26.6.